The summed E-state index contributed by atoms with van der Waals surface area (Å²) < 4.78 is 7.36. The van der Waals surface area contributed by atoms with E-state index in [-0.39, 0.29) is 11.8 Å². The molecule has 1 fully saturated rings. The lowest BCUT2D eigenvalue weighted by atomic mass is 10.1. The minimum atomic E-state index is -0.0167. The van der Waals surface area contributed by atoms with E-state index in [1.165, 1.54) is 0 Å². The molecular weight excluding hydrogens is 410 g/mol. The average Bonchev–Trinajstić information content (AvgIpc) is 3.43. The van der Waals surface area contributed by atoms with Crippen LogP contribution < -0.4 is 20.7 Å². The van der Waals surface area contributed by atoms with Crippen LogP contribution in [0.4, 0.5) is 23.0 Å². The van der Waals surface area contributed by atoms with Gasteiger partial charge in [-0.2, -0.15) is 10.2 Å². The fourth-order valence-corrected chi connectivity index (χ4v) is 3.59. The predicted octanol–water partition coefficient (Wildman–Crippen LogP) is 2.90. The van der Waals surface area contributed by atoms with Gasteiger partial charge in [-0.05, 0) is 25.0 Å². The number of nitrogens with one attached hydrogen (secondary N) is 4. The van der Waals surface area contributed by atoms with E-state index < -0.39 is 0 Å². The van der Waals surface area contributed by atoms with Crippen LogP contribution in [0.15, 0.2) is 30.6 Å². The summed E-state index contributed by atoms with van der Waals surface area (Å²) in [5.74, 6) is 2.30. The lowest BCUT2D eigenvalue weighted by Crippen LogP contribution is -2.14. The number of nitrogens with zero attached hydrogens (tertiary/aromatic N) is 5. The van der Waals surface area contributed by atoms with Gasteiger partial charge in [0.1, 0.15) is 12.1 Å². The van der Waals surface area contributed by atoms with Gasteiger partial charge in [-0.25, -0.2) is 9.97 Å². The van der Waals surface area contributed by atoms with E-state index in [9.17, 15) is 4.79 Å². The summed E-state index contributed by atoms with van der Waals surface area (Å²) in [7, 11) is 5.21. The third-order valence-electron chi connectivity index (χ3n) is 5.30. The number of anilines is 4. The highest BCUT2D eigenvalue weighted by atomic mass is 16.5. The van der Waals surface area contributed by atoms with Gasteiger partial charge in [0, 0.05) is 26.1 Å². The first-order chi connectivity index (χ1) is 15.6. The van der Waals surface area contributed by atoms with Crippen molar-refractivity contribution in [1.82, 2.24) is 29.9 Å². The molecule has 5 rings (SSSR count). The Morgan fingerprint density at radius 2 is 2.12 bits per heavy atom. The zero-order valence-corrected chi connectivity index (χ0v) is 17.9. The van der Waals surface area contributed by atoms with Crippen molar-refractivity contribution in [2.45, 2.75) is 12.8 Å². The molecule has 164 valence electrons. The van der Waals surface area contributed by atoms with Crippen molar-refractivity contribution in [2.24, 2.45) is 13.0 Å². The Hall–Kier alpha value is -4.15. The Morgan fingerprint density at radius 1 is 1.28 bits per heavy atom. The van der Waals surface area contributed by atoms with Gasteiger partial charge < -0.3 is 20.7 Å². The SMILES string of the molecule is CNc1n[nH]c2nc(NC(=O)C3CC3)cc(Nc3cccc(-c4ncn(C)n4)c3OC)c12. The van der Waals surface area contributed by atoms with Crippen molar-refractivity contribution in [1.29, 1.82) is 0 Å². The molecule has 4 aromatic rings. The molecule has 4 N–H and O–H groups in total. The Bertz CT molecular complexity index is 1310. The Morgan fingerprint density at radius 3 is 2.81 bits per heavy atom. The second-order valence-corrected chi connectivity index (χ2v) is 7.62. The van der Waals surface area contributed by atoms with Gasteiger partial charge in [-0.15, -0.1) is 0 Å². The number of ether oxygens (including phenoxy) is 1. The molecule has 11 nitrogen and oxygen atoms in total. The monoisotopic (exact) mass is 433 g/mol. The van der Waals surface area contributed by atoms with Gasteiger partial charge >= 0.3 is 0 Å². The van der Waals surface area contributed by atoms with Crippen LogP contribution in [0.5, 0.6) is 5.75 Å². The molecule has 0 radical (unpaired) electrons. The van der Waals surface area contributed by atoms with Crippen molar-refractivity contribution in [3.63, 3.8) is 0 Å². The highest BCUT2D eigenvalue weighted by molar-refractivity contribution is 6.03. The van der Waals surface area contributed by atoms with Crippen molar-refractivity contribution >= 4 is 40.0 Å². The molecule has 1 aliphatic rings. The first-order valence-corrected chi connectivity index (χ1v) is 10.2. The molecule has 1 aliphatic carbocycles. The number of hydrogen-bond donors (Lipinski definition) is 4. The molecule has 3 aromatic heterocycles. The Labute approximate surface area is 183 Å². The highest BCUT2D eigenvalue weighted by Gasteiger charge is 2.30. The topological polar surface area (TPSA) is 135 Å². The van der Waals surface area contributed by atoms with Gasteiger partial charge in [0.2, 0.25) is 5.91 Å². The summed E-state index contributed by atoms with van der Waals surface area (Å²) in [6.45, 7) is 0. The normalized spacial score (nSPS) is 13.2. The minimum absolute atomic E-state index is 0.0167. The number of aromatic nitrogens is 6. The summed E-state index contributed by atoms with van der Waals surface area (Å²) in [6.07, 6.45) is 3.47. The number of pyridine rings is 1. The maximum atomic E-state index is 12.3. The summed E-state index contributed by atoms with van der Waals surface area (Å²) in [5, 5.41) is 21.8. The predicted molar refractivity (Wildman–Crippen MR) is 121 cm³/mol. The number of methoxy groups -OCH3 is 1. The molecule has 11 heteroatoms. The molecule has 32 heavy (non-hydrogen) atoms. The molecule has 0 saturated heterocycles. The van der Waals surface area contributed by atoms with Gasteiger partial charge in [0.05, 0.1) is 29.4 Å². The number of rotatable bonds is 7. The van der Waals surface area contributed by atoms with E-state index in [1.807, 2.05) is 25.2 Å². The fraction of sp³-hybridized carbons (Fsp3) is 0.286. The zero-order valence-electron chi connectivity index (χ0n) is 17.9. The summed E-state index contributed by atoms with van der Waals surface area (Å²) >= 11 is 0. The highest BCUT2D eigenvalue weighted by Crippen LogP contribution is 2.39. The number of para-hydroxylation sites is 1. The number of carbonyl (C=O) groups excluding carboxylic acids is 1. The summed E-state index contributed by atoms with van der Waals surface area (Å²) in [6, 6.07) is 7.50. The number of H-pyrrole nitrogens is 1. The van der Waals surface area contributed by atoms with Crippen LogP contribution in [0, 0.1) is 5.92 Å². The number of benzene rings is 1. The van der Waals surface area contributed by atoms with Crippen molar-refractivity contribution in [2.75, 3.05) is 30.1 Å². The largest absolute Gasteiger partial charge is 0.494 e. The van der Waals surface area contributed by atoms with Gasteiger partial charge in [-0.1, -0.05) is 6.07 Å². The van der Waals surface area contributed by atoms with Crippen LogP contribution >= 0.6 is 0 Å². The van der Waals surface area contributed by atoms with Gasteiger partial charge in [0.15, 0.2) is 23.0 Å². The molecule has 0 aliphatic heterocycles. The smallest absolute Gasteiger partial charge is 0.228 e. The second-order valence-electron chi connectivity index (χ2n) is 7.62. The molecule has 1 saturated carbocycles. The van der Waals surface area contributed by atoms with Crippen molar-refractivity contribution in [3.05, 3.63) is 30.6 Å². The first-order valence-electron chi connectivity index (χ1n) is 10.2. The molecule has 3 heterocycles. The van der Waals surface area contributed by atoms with Crippen molar-refractivity contribution < 1.29 is 9.53 Å². The maximum absolute atomic E-state index is 12.3. The molecule has 1 amide bonds. The van der Waals surface area contributed by atoms with E-state index in [1.54, 1.807) is 31.2 Å². The van der Waals surface area contributed by atoms with Gasteiger partial charge in [-0.3, -0.25) is 14.6 Å². The molecule has 1 aromatic carbocycles. The van der Waals surface area contributed by atoms with E-state index >= 15 is 0 Å². The van der Waals surface area contributed by atoms with E-state index in [0.717, 1.165) is 23.8 Å². The fourth-order valence-electron chi connectivity index (χ4n) is 3.59. The maximum Gasteiger partial charge on any atom is 0.228 e. The van der Waals surface area contributed by atoms with E-state index in [0.29, 0.717) is 40.2 Å². The number of aromatic amines is 1. The number of fused-ring (bicyclic) bond motifs is 1. The molecule has 0 spiro atoms. The minimum Gasteiger partial charge on any atom is -0.494 e. The van der Waals surface area contributed by atoms with Crippen LogP contribution in [-0.2, 0) is 11.8 Å². The Kier molecular flexibility index (Phi) is 4.85. The van der Waals surface area contributed by atoms with E-state index in [4.69, 9.17) is 4.74 Å². The molecule has 0 unspecified atom stereocenters. The Balaban J connectivity index is 1.58. The second kappa shape index (κ2) is 7.84. The number of carbonyl (C=O) groups is 1. The summed E-state index contributed by atoms with van der Waals surface area (Å²) in [4.78, 5) is 21.2. The number of hydrogen-bond acceptors (Lipinski definition) is 8. The zero-order chi connectivity index (χ0) is 22.2. The quantitative estimate of drug-likeness (QED) is 0.349. The van der Waals surface area contributed by atoms with Crippen molar-refractivity contribution in [3.8, 4) is 17.1 Å². The molecule has 0 atom stereocenters. The van der Waals surface area contributed by atoms with Gasteiger partial charge in [0.25, 0.3) is 0 Å². The van der Waals surface area contributed by atoms with E-state index in [2.05, 4.69) is 41.2 Å². The standard InChI is InChI=1S/C21H23N9O2/c1-22-19-16-14(9-15(25-20(16)28-27-19)26-21(31)11-7-8-11)24-13-6-4-5-12(17(13)32-3)18-23-10-30(2)29-18/h4-6,9-11H,7-8H2,1-3H3,(H4,22,24,25,26,27,28,31). The number of amides is 1. The molecule has 0 bridgehead atoms. The van der Waals surface area contributed by atoms with Crippen LogP contribution in [0.25, 0.3) is 22.4 Å². The molecular formula is C21H23N9O2. The van der Waals surface area contributed by atoms with Crippen LogP contribution in [0.1, 0.15) is 12.8 Å². The number of aryl methyl sites for hydroxylation is 1. The van der Waals surface area contributed by atoms with Crippen LogP contribution in [0.2, 0.25) is 0 Å². The average molecular weight is 433 g/mol. The third kappa shape index (κ3) is 3.57. The lowest BCUT2D eigenvalue weighted by molar-refractivity contribution is -0.117. The first kappa shape index (κ1) is 19.8. The summed E-state index contributed by atoms with van der Waals surface area (Å²) in [5.41, 5.74) is 2.73. The third-order valence-corrected chi connectivity index (χ3v) is 5.30. The van der Waals surface area contributed by atoms with Crippen LogP contribution in [0.3, 0.4) is 0 Å². The lowest BCUT2D eigenvalue weighted by Gasteiger charge is -2.15. The van der Waals surface area contributed by atoms with Crippen LogP contribution in [-0.4, -0.2) is 50.0 Å².